The Morgan fingerprint density at radius 3 is 1.91 bits per heavy atom. The van der Waals surface area contributed by atoms with E-state index in [2.05, 4.69) is 153 Å². The number of hydrogen-bond donors (Lipinski definition) is 1. The number of allylic oxidation sites excluding steroid dienone is 2. The van der Waals surface area contributed by atoms with Gasteiger partial charge in [-0.1, -0.05) is 137 Å². The van der Waals surface area contributed by atoms with Gasteiger partial charge in [0.2, 0.25) is 0 Å². The normalized spacial score (nSPS) is 12.9. The standard InChI is InChI=1S/C31H33N2S.C17H32O2.Ir/c1-18-11-21-14-22(15-25(31(6,7)8)24(21)12-19(18)2)27-29-28(33-17-32-27)23-10-9-20(13-26(23)34-29)16-30(3,4)5;1-10(2)16(11(3)4)14(18)9-15(19)17(12(5)6)13(7)8;/h9-13,15,17H,16H2,1-8H3;9-13,16-18H,1-8H3;/q-1;;/b;14-9-;. The molecule has 1 N–H and O–H groups in total. The summed E-state index contributed by atoms with van der Waals surface area (Å²) in [7, 11) is 0. The molecule has 0 aliphatic heterocycles. The summed E-state index contributed by atoms with van der Waals surface area (Å²) < 4.78 is 2.42. The Labute approximate surface area is 344 Å². The first-order valence-electron chi connectivity index (χ1n) is 19.6. The van der Waals surface area contributed by atoms with Gasteiger partial charge in [-0.25, -0.2) is 4.98 Å². The Hall–Kier alpha value is -2.92. The van der Waals surface area contributed by atoms with E-state index in [-0.39, 0.29) is 54.3 Å². The zero-order valence-electron chi connectivity index (χ0n) is 35.8. The number of ketones is 1. The molecule has 0 saturated heterocycles. The SMILES string of the molecule is CC(C)C(C(=O)/C=C(\O)C(C(C)C)C(C)C)C(C)C.Cc1cc2[c-]c(-c3ncnc4c3sc3cc(CC(C)(C)C)ccc34)cc(C(C)(C)C)c2cc1C.[Ir]. The number of aliphatic hydroxyl groups is 1. The summed E-state index contributed by atoms with van der Waals surface area (Å²) in [6.07, 6.45) is 4.25. The van der Waals surface area contributed by atoms with Crippen molar-refractivity contribution in [2.75, 3.05) is 0 Å². The van der Waals surface area contributed by atoms with Crippen molar-refractivity contribution in [1.29, 1.82) is 0 Å². The number of aromatic nitrogens is 2. The Balaban J connectivity index is 0.000000338. The molecule has 5 rings (SSSR count). The van der Waals surface area contributed by atoms with E-state index >= 15 is 0 Å². The van der Waals surface area contributed by atoms with Gasteiger partial charge in [0.15, 0.2) is 5.78 Å². The zero-order valence-corrected chi connectivity index (χ0v) is 39.0. The van der Waals surface area contributed by atoms with E-state index in [9.17, 15) is 9.90 Å². The largest absolute Gasteiger partial charge is 0.512 e. The van der Waals surface area contributed by atoms with Crippen LogP contribution in [0, 0.1) is 60.8 Å². The van der Waals surface area contributed by atoms with Crippen molar-refractivity contribution in [3.8, 4) is 11.3 Å². The van der Waals surface area contributed by atoms with Gasteiger partial charge in [0.1, 0.15) is 6.33 Å². The molecule has 54 heavy (non-hydrogen) atoms. The molecule has 0 aliphatic rings. The van der Waals surface area contributed by atoms with Gasteiger partial charge < -0.3 is 5.11 Å². The van der Waals surface area contributed by atoms with E-state index in [0.717, 1.165) is 33.3 Å². The summed E-state index contributed by atoms with van der Waals surface area (Å²) in [5.41, 5.74) is 8.66. The van der Waals surface area contributed by atoms with Gasteiger partial charge in [0.05, 0.1) is 11.3 Å². The van der Waals surface area contributed by atoms with Crippen LogP contribution in [0.4, 0.5) is 0 Å². The van der Waals surface area contributed by atoms with E-state index in [0.29, 0.717) is 23.7 Å². The van der Waals surface area contributed by atoms with Crippen LogP contribution in [0.2, 0.25) is 0 Å². The molecule has 4 nitrogen and oxygen atoms in total. The number of aliphatic hydroxyl groups excluding tert-OH is 1. The molecule has 295 valence electrons. The van der Waals surface area contributed by atoms with Crippen LogP contribution in [0.25, 0.3) is 42.3 Å². The Morgan fingerprint density at radius 1 is 0.796 bits per heavy atom. The molecular formula is C48H65IrN2O2S-. The maximum atomic E-state index is 12.3. The molecule has 5 aromatic rings. The van der Waals surface area contributed by atoms with Crippen LogP contribution in [0.15, 0.2) is 54.6 Å². The van der Waals surface area contributed by atoms with Gasteiger partial charge in [0, 0.05) is 58.5 Å². The average molecular weight is 926 g/mol. The van der Waals surface area contributed by atoms with Crippen LogP contribution < -0.4 is 0 Å². The molecule has 2 aromatic heterocycles. The Bertz CT molecular complexity index is 2090. The fraction of sp³-hybridized carbons (Fsp3) is 0.521. The van der Waals surface area contributed by atoms with Gasteiger partial charge in [0.25, 0.3) is 0 Å². The molecule has 2 heterocycles. The minimum absolute atomic E-state index is 0. The number of fused-ring (bicyclic) bond motifs is 4. The molecular weight excluding hydrogens is 861 g/mol. The molecule has 0 spiro atoms. The second-order valence-electron chi connectivity index (χ2n) is 18.9. The quantitative estimate of drug-likeness (QED) is 0.0909. The van der Waals surface area contributed by atoms with Crippen molar-refractivity contribution in [3.05, 3.63) is 82.9 Å². The topological polar surface area (TPSA) is 63.1 Å². The van der Waals surface area contributed by atoms with E-state index in [1.165, 1.54) is 43.8 Å². The molecule has 0 atom stereocenters. The minimum atomic E-state index is -0.0119. The molecule has 0 fully saturated rings. The summed E-state index contributed by atoms with van der Waals surface area (Å²) in [6.45, 7) is 34.7. The molecule has 1 radical (unpaired) electrons. The Morgan fingerprint density at radius 2 is 1.37 bits per heavy atom. The first-order valence-corrected chi connectivity index (χ1v) is 20.4. The van der Waals surface area contributed by atoms with Crippen molar-refractivity contribution < 1.29 is 30.0 Å². The number of thiophene rings is 1. The third-order valence-electron chi connectivity index (χ3n) is 10.4. The van der Waals surface area contributed by atoms with Crippen molar-refractivity contribution in [3.63, 3.8) is 0 Å². The zero-order chi connectivity index (χ0) is 39.7. The summed E-state index contributed by atoms with van der Waals surface area (Å²) in [5.74, 6) is 1.63. The predicted octanol–water partition coefficient (Wildman–Crippen LogP) is 13.8. The fourth-order valence-corrected chi connectivity index (χ4v) is 9.27. The van der Waals surface area contributed by atoms with Crippen molar-refractivity contribution in [2.45, 2.75) is 123 Å². The van der Waals surface area contributed by atoms with E-state index in [1.807, 2.05) is 0 Å². The number of rotatable bonds is 9. The first-order chi connectivity index (χ1) is 24.5. The molecule has 3 aromatic carbocycles. The molecule has 0 unspecified atom stereocenters. The van der Waals surface area contributed by atoms with Crippen LogP contribution in [-0.2, 0) is 36.7 Å². The van der Waals surface area contributed by atoms with Crippen LogP contribution in [0.1, 0.15) is 119 Å². The molecule has 0 saturated carbocycles. The number of carbonyl (C=O) groups is 1. The molecule has 0 aliphatic carbocycles. The number of benzene rings is 3. The number of hydrogen-bond acceptors (Lipinski definition) is 5. The maximum absolute atomic E-state index is 12.3. The van der Waals surface area contributed by atoms with E-state index in [1.54, 1.807) is 17.7 Å². The maximum Gasteiger partial charge on any atom is 0.162 e. The smallest absolute Gasteiger partial charge is 0.162 e. The summed E-state index contributed by atoms with van der Waals surface area (Å²) in [4.78, 5) is 21.8. The van der Waals surface area contributed by atoms with Gasteiger partial charge >= 0.3 is 0 Å². The summed E-state index contributed by atoms with van der Waals surface area (Å²) in [6, 6.07) is 17.4. The van der Waals surface area contributed by atoms with Crippen LogP contribution in [0.3, 0.4) is 0 Å². The van der Waals surface area contributed by atoms with E-state index in [4.69, 9.17) is 9.97 Å². The first kappa shape index (κ1) is 45.5. The predicted molar refractivity (Wildman–Crippen MR) is 230 cm³/mol. The van der Waals surface area contributed by atoms with Crippen molar-refractivity contribution >= 4 is 48.2 Å². The second kappa shape index (κ2) is 17.9. The molecule has 0 amide bonds. The van der Waals surface area contributed by atoms with E-state index < -0.39 is 0 Å². The molecule has 6 heteroatoms. The summed E-state index contributed by atoms with van der Waals surface area (Å²) in [5, 5.41) is 13.9. The van der Waals surface area contributed by atoms with Gasteiger partial charge in [-0.05, 0) is 66.4 Å². The van der Waals surface area contributed by atoms with Gasteiger partial charge in [-0.3, -0.25) is 9.78 Å². The van der Waals surface area contributed by atoms with Gasteiger partial charge in [-0.15, -0.1) is 40.5 Å². The van der Waals surface area contributed by atoms with Crippen LogP contribution >= 0.6 is 11.3 Å². The number of aryl methyl sites for hydroxylation is 2. The third-order valence-corrected chi connectivity index (χ3v) is 11.6. The van der Waals surface area contributed by atoms with Gasteiger partial charge in [-0.2, -0.15) is 0 Å². The van der Waals surface area contributed by atoms with Crippen molar-refractivity contribution in [1.82, 2.24) is 9.97 Å². The van der Waals surface area contributed by atoms with Crippen molar-refractivity contribution in [2.24, 2.45) is 40.9 Å². The fourth-order valence-electron chi connectivity index (χ4n) is 8.04. The Kier molecular flexibility index (Phi) is 15.1. The summed E-state index contributed by atoms with van der Waals surface area (Å²) >= 11 is 1.80. The molecule has 0 bridgehead atoms. The number of carbonyl (C=O) groups excluding carboxylic acids is 1. The van der Waals surface area contributed by atoms with Crippen LogP contribution in [-0.4, -0.2) is 20.9 Å². The van der Waals surface area contributed by atoms with Crippen LogP contribution in [0.5, 0.6) is 0 Å². The average Bonchev–Trinajstić information content (AvgIpc) is 3.37. The second-order valence-corrected chi connectivity index (χ2v) is 20.0. The third kappa shape index (κ3) is 10.7. The minimum Gasteiger partial charge on any atom is -0.512 e. The number of nitrogens with zero attached hydrogens (tertiary/aromatic N) is 2. The monoisotopic (exact) mass is 926 g/mol.